The SMILES string of the molecule is Cc1c(Cc2ccccc2)c(-n2nnc3ccccc32)n2c(nc3ccccc32)c1C#N. The van der Waals surface area contributed by atoms with Crippen LogP contribution in [0, 0.1) is 18.3 Å². The summed E-state index contributed by atoms with van der Waals surface area (Å²) < 4.78 is 3.93. The second-order valence-corrected chi connectivity index (χ2v) is 7.83. The summed E-state index contributed by atoms with van der Waals surface area (Å²) in [5.74, 6) is 0.864. The van der Waals surface area contributed by atoms with E-state index in [0.717, 1.165) is 44.6 Å². The Labute approximate surface area is 184 Å². The summed E-state index contributed by atoms with van der Waals surface area (Å²) in [6, 6.07) is 28.5. The molecule has 3 aromatic carbocycles. The van der Waals surface area contributed by atoms with E-state index in [2.05, 4.69) is 32.9 Å². The van der Waals surface area contributed by atoms with E-state index >= 15 is 0 Å². The lowest BCUT2D eigenvalue weighted by Crippen LogP contribution is -2.13. The highest BCUT2D eigenvalue weighted by Gasteiger charge is 2.23. The van der Waals surface area contributed by atoms with Crippen LogP contribution in [0.1, 0.15) is 22.3 Å². The molecule has 0 aliphatic heterocycles. The molecule has 0 amide bonds. The molecule has 3 aromatic heterocycles. The Morgan fingerprint density at radius 2 is 1.53 bits per heavy atom. The Morgan fingerprint density at radius 3 is 2.31 bits per heavy atom. The van der Waals surface area contributed by atoms with Crippen molar-refractivity contribution in [3.05, 3.63) is 101 Å². The molecule has 0 radical (unpaired) electrons. The van der Waals surface area contributed by atoms with Crippen LogP contribution in [0.15, 0.2) is 78.9 Å². The van der Waals surface area contributed by atoms with Crippen molar-refractivity contribution >= 4 is 27.7 Å². The highest BCUT2D eigenvalue weighted by atomic mass is 15.5. The maximum atomic E-state index is 10.1. The molecule has 3 heterocycles. The van der Waals surface area contributed by atoms with Gasteiger partial charge in [0, 0.05) is 12.0 Å². The van der Waals surface area contributed by atoms with Gasteiger partial charge in [0.1, 0.15) is 17.4 Å². The maximum Gasteiger partial charge on any atom is 0.157 e. The van der Waals surface area contributed by atoms with Gasteiger partial charge in [-0.2, -0.15) is 9.94 Å². The summed E-state index contributed by atoms with van der Waals surface area (Å²) in [5.41, 5.74) is 7.82. The zero-order valence-electron chi connectivity index (χ0n) is 17.4. The van der Waals surface area contributed by atoms with E-state index in [1.807, 2.05) is 78.3 Å². The van der Waals surface area contributed by atoms with Crippen molar-refractivity contribution in [1.29, 1.82) is 5.26 Å². The van der Waals surface area contributed by atoms with Crippen molar-refractivity contribution in [3.63, 3.8) is 0 Å². The van der Waals surface area contributed by atoms with E-state index in [-0.39, 0.29) is 0 Å². The number of benzene rings is 3. The zero-order chi connectivity index (χ0) is 21.7. The second-order valence-electron chi connectivity index (χ2n) is 7.83. The molecular weight excluding hydrogens is 396 g/mol. The monoisotopic (exact) mass is 414 g/mol. The van der Waals surface area contributed by atoms with E-state index < -0.39 is 0 Å². The smallest absolute Gasteiger partial charge is 0.157 e. The molecule has 0 fully saturated rings. The quantitative estimate of drug-likeness (QED) is 0.409. The number of imidazole rings is 1. The molecule has 0 spiro atoms. The first-order chi connectivity index (χ1) is 15.8. The fraction of sp³-hybridized carbons (Fsp3) is 0.0769. The molecule has 0 bridgehead atoms. The van der Waals surface area contributed by atoms with Crippen LogP contribution in [0.3, 0.4) is 0 Å². The van der Waals surface area contributed by atoms with Gasteiger partial charge in [0.15, 0.2) is 5.65 Å². The van der Waals surface area contributed by atoms with Crippen LogP contribution >= 0.6 is 0 Å². The van der Waals surface area contributed by atoms with Crippen LogP contribution < -0.4 is 0 Å². The van der Waals surface area contributed by atoms with Crippen molar-refractivity contribution < 1.29 is 0 Å². The van der Waals surface area contributed by atoms with Gasteiger partial charge in [-0.15, -0.1) is 5.10 Å². The summed E-state index contributed by atoms with van der Waals surface area (Å²) >= 11 is 0. The summed E-state index contributed by atoms with van der Waals surface area (Å²) in [7, 11) is 0. The molecule has 0 saturated heterocycles. The van der Waals surface area contributed by atoms with Gasteiger partial charge < -0.3 is 0 Å². The molecule has 0 aliphatic rings. The molecule has 0 aliphatic carbocycles. The van der Waals surface area contributed by atoms with Crippen molar-refractivity contribution in [2.75, 3.05) is 0 Å². The van der Waals surface area contributed by atoms with E-state index in [9.17, 15) is 5.26 Å². The lowest BCUT2D eigenvalue weighted by molar-refractivity contribution is 0.780. The Morgan fingerprint density at radius 1 is 0.844 bits per heavy atom. The molecule has 6 nitrogen and oxygen atoms in total. The van der Waals surface area contributed by atoms with Gasteiger partial charge in [-0.3, -0.25) is 4.40 Å². The molecule has 0 saturated carbocycles. The minimum atomic E-state index is 0.584. The Bertz CT molecular complexity index is 1670. The number of aromatic nitrogens is 5. The number of hydrogen-bond donors (Lipinski definition) is 0. The molecule has 152 valence electrons. The Balaban J connectivity index is 1.81. The van der Waals surface area contributed by atoms with Crippen LogP contribution in [0.25, 0.3) is 33.5 Å². The normalized spacial score (nSPS) is 11.4. The first kappa shape index (κ1) is 18.3. The summed E-state index contributed by atoms with van der Waals surface area (Å²) in [6.07, 6.45) is 0.660. The van der Waals surface area contributed by atoms with Crippen LogP contribution in [0.5, 0.6) is 0 Å². The highest BCUT2D eigenvalue weighted by molar-refractivity contribution is 5.86. The Hall–Kier alpha value is -4.50. The lowest BCUT2D eigenvalue weighted by atomic mass is 9.97. The van der Waals surface area contributed by atoms with E-state index in [4.69, 9.17) is 4.98 Å². The number of fused-ring (bicyclic) bond motifs is 4. The van der Waals surface area contributed by atoms with Crippen LogP contribution in [-0.4, -0.2) is 24.4 Å². The van der Waals surface area contributed by atoms with E-state index in [1.54, 1.807) is 0 Å². The fourth-order valence-corrected chi connectivity index (χ4v) is 4.42. The third kappa shape index (κ3) is 2.62. The number of hydrogen-bond acceptors (Lipinski definition) is 4. The van der Waals surface area contributed by atoms with Crippen molar-refractivity contribution in [3.8, 4) is 11.9 Å². The zero-order valence-corrected chi connectivity index (χ0v) is 17.4. The number of pyridine rings is 1. The van der Waals surface area contributed by atoms with Gasteiger partial charge in [-0.1, -0.05) is 59.8 Å². The van der Waals surface area contributed by atoms with Crippen molar-refractivity contribution in [1.82, 2.24) is 24.4 Å². The molecule has 32 heavy (non-hydrogen) atoms. The number of para-hydroxylation sites is 3. The molecular formula is C26H18N6. The average molecular weight is 414 g/mol. The highest BCUT2D eigenvalue weighted by Crippen LogP contribution is 2.32. The fourth-order valence-electron chi connectivity index (χ4n) is 4.42. The van der Waals surface area contributed by atoms with Gasteiger partial charge in [-0.05, 0) is 42.3 Å². The summed E-state index contributed by atoms with van der Waals surface area (Å²) in [4.78, 5) is 4.82. The minimum absolute atomic E-state index is 0.584. The van der Waals surface area contributed by atoms with Crippen LogP contribution in [0.4, 0.5) is 0 Å². The second kappa shape index (κ2) is 7.03. The number of nitrogens with zero attached hydrogens (tertiary/aromatic N) is 6. The largest absolute Gasteiger partial charge is 0.275 e. The van der Waals surface area contributed by atoms with Crippen molar-refractivity contribution in [2.45, 2.75) is 13.3 Å². The van der Waals surface area contributed by atoms with Gasteiger partial charge in [0.05, 0.1) is 22.1 Å². The molecule has 0 atom stereocenters. The summed E-state index contributed by atoms with van der Waals surface area (Å²) in [6.45, 7) is 2.00. The lowest BCUT2D eigenvalue weighted by Gasteiger charge is -2.18. The Kier molecular flexibility index (Phi) is 4.02. The first-order valence-corrected chi connectivity index (χ1v) is 10.4. The van der Waals surface area contributed by atoms with Gasteiger partial charge in [0.2, 0.25) is 0 Å². The topological polar surface area (TPSA) is 71.8 Å². The van der Waals surface area contributed by atoms with Crippen molar-refractivity contribution in [2.24, 2.45) is 0 Å². The van der Waals surface area contributed by atoms with Gasteiger partial charge in [-0.25, -0.2) is 4.98 Å². The first-order valence-electron chi connectivity index (χ1n) is 10.4. The maximum absolute atomic E-state index is 10.1. The predicted molar refractivity (Wildman–Crippen MR) is 124 cm³/mol. The molecule has 0 unspecified atom stereocenters. The van der Waals surface area contributed by atoms with E-state index in [0.29, 0.717) is 17.6 Å². The third-order valence-corrected chi connectivity index (χ3v) is 5.98. The van der Waals surface area contributed by atoms with Crippen LogP contribution in [-0.2, 0) is 6.42 Å². The number of nitriles is 1. The van der Waals surface area contributed by atoms with Gasteiger partial charge >= 0.3 is 0 Å². The predicted octanol–water partition coefficient (Wildman–Crippen LogP) is 4.99. The third-order valence-electron chi connectivity index (χ3n) is 5.98. The minimum Gasteiger partial charge on any atom is -0.275 e. The van der Waals surface area contributed by atoms with Crippen LogP contribution in [0.2, 0.25) is 0 Å². The van der Waals surface area contributed by atoms with E-state index in [1.165, 1.54) is 0 Å². The number of rotatable bonds is 3. The molecule has 6 rings (SSSR count). The molecule has 6 aromatic rings. The molecule has 0 N–H and O–H groups in total. The summed E-state index contributed by atoms with van der Waals surface area (Å²) in [5, 5.41) is 19.0. The van der Waals surface area contributed by atoms with Gasteiger partial charge in [0.25, 0.3) is 0 Å². The molecule has 6 heteroatoms. The standard InChI is InChI=1S/C26H18N6/c1-17-19(15-18-9-3-2-4-10-18)26(32-24-14-8-6-12-22(24)29-30-32)31-23-13-7-5-11-21(23)28-25(31)20(17)16-27/h2-14H,15H2,1H3. The average Bonchev–Trinajstić information content (AvgIpc) is 3.42.